The van der Waals surface area contributed by atoms with E-state index in [2.05, 4.69) is 62.5 Å². The number of halogens is 2. The second kappa shape index (κ2) is 6.44. The molecule has 2 heterocycles. The molecule has 1 aliphatic rings. The van der Waals surface area contributed by atoms with Gasteiger partial charge >= 0.3 is 0 Å². The monoisotopic (exact) mass is 398 g/mol. The average Bonchev–Trinajstić information content (AvgIpc) is 3.12. The Bertz CT molecular complexity index is 946. The van der Waals surface area contributed by atoms with Gasteiger partial charge < -0.3 is 5.32 Å². The SMILES string of the molecule is CCc1ccc(C2=CC(c3cc(Br)ccc3F)n3ncnc3N2)cc1. The first-order valence-electron chi connectivity index (χ1n) is 8.08. The van der Waals surface area contributed by atoms with Gasteiger partial charge in [-0.25, -0.2) is 9.07 Å². The number of benzene rings is 2. The molecule has 1 N–H and O–H groups in total. The van der Waals surface area contributed by atoms with E-state index in [1.807, 2.05) is 6.08 Å². The van der Waals surface area contributed by atoms with Crippen LogP contribution in [0.15, 0.2) is 59.3 Å². The predicted molar refractivity (Wildman–Crippen MR) is 99.7 cm³/mol. The third-order valence-corrected chi connectivity index (χ3v) is 4.85. The Balaban J connectivity index is 1.81. The van der Waals surface area contributed by atoms with Crippen LogP contribution in [0.25, 0.3) is 5.70 Å². The van der Waals surface area contributed by atoms with Gasteiger partial charge in [0.1, 0.15) is 18.2 Å². The lowest BCUT2D eigenvalue weighted by atomic mass is 10.0. The lowest BCUT2D eigenvalue weighted by Gasteiger charge is -2.25. The zero-order valence-corrected chi connectivity index (χ0v) is 15.2. The number of nitrogens with zero attached hydrogens (tertiary/aromatic N) is 3. The Labute approximate surface area is 153 Å². The number of anilines is 1. The van der Waals surface area contributed by atoms with Crippen LogP contribution in [0.4, 0.5) is 10.3 Å². The topological polar surface area (TPSA) is 42.7 Å². The van der Waals surface area contributed by atoms with E-state index in [1.165, 1.54) is 18.0 Å². The summed E-state index contributed by atoms with van der Waals surface area (Å²) < 4.78 is 17.0. The summed E-state index contributed by atoms with van der Waals surface area (Å²) in [5.41, 5.74) is 3.75. The van der Waals surface area contributed by atoms with Crippen LogP contribution in [-0.4, -0.2) is 14.8 Å². The number of aromatic nitrogens is 3. The van der Waals surface area contributed by atoms with Crippen LogP contribution in [-0.2, 0) is 6.42 Å². The van der Waals surface area contributed by atoms with Crippen LogP contribution in [0.1, 0.15) is 29.7 Å². The van der Waals surface area contributed by atoms with Crippen molar-refractivity contribution in [1.82, 2.24) is 14.8 Å². The number of rotatable bonds is 3. The maximum atomic E-state index is 14.5. The highest BCUT2D eigenvalue weighted by molar-refractivity contribution is 9.10. The van der Waals surface area contributed by atoms with Gasteiger partial charge in [-0.05, 0) is 41.8 Å². The molecule has 6 heteroatoms. The zero-order valence-electron chi connectivity index (χ0n) is 13.6. The molecule has 1 aliphatic heterocycles. The molecule has 0 bridgehead atoms. The van der Waals surface area contributed by atoms with E-state index in [0.717, 1.165) is 22.2 Å². The van der Waals surface area contributed by atoms with Crippen molar-refractivity contribution in [3.63, 3.8) is 0 Å². The van der Waals surface area contributed by atoms with Crippen molar-refractivity contribution in [1.29, 1.82) is 0 Å². The van der Waals surface area contributed by atoms with Crippen LogP contribution < -0.4 is 5.32 Å². The van der Waals surface area contributed by atoms with Crippen molar-refractivity contribution in [2.75, 3.05) is 5.32 Å². The summed E-state index contributed by atoms with van der Waals surface area (Å²) >= 11 is 3.42. The van der Waals surface area contributed by atoms with Crippen molar-refractivity contribution in [2.24, 2.45) is 0 Å². The van der Waals surface area contributed by atoms with Gasteiger partial charge in [-0.15, -0.1) is 0 Å². The first-order chi connectivity index (χ1) is 12.2. The fraction of sp³-hybridized carbons (Fsp3) is 0.158. The molecule has 0 radical (unpaired) electrons. The van der Waals surface area contributed by atoms with E-state index in [0.29, 0.717) is 11.5 Å². The zero-order chi connectivity index (χ0) is 17.4. The van der Waals surface area contributed by atoms with Crippen molar-refractivity contribution in [2.45, 2.75) is 19.4 Å². The van der Waals surface area contributed by atoms with Gasteiger partial charge in [0.05, 0.1) is 0 Å². The van der Waals surface area contributed by atoms with E-state index in [-0.39, 0.29) is 11.9 Å². The van der Waals surface area contributed by atoms with Crippen LogP contribution in [0.5, 0.6) is 0 Å². The third-order valence-electron chi connectivity index (χ3n) is 4.36. The summed E-state index contributed by atoms with van der Waals surface area (Å²) in [6.45, 7) is 2.13. The molecule has 4 rings (SSSR count). The van der Waals surface area contributed by atoms with Gasteiger partial charge in [0.15, 0.2) is 0 Å². The quantitative estimate of drug-likeness (QED) is 0.688. The summed E-state index contributed by atoms with van der Waals surface area (Å²) in [5.74, 6) is 0.329. The highest BCUT2D eigenvalue weighted by Crippen LogP contribution is 2.34. The Hall–Kier alpha value is -2.47. The summed E-state index contributed by atoms with van der Waals surface area (Å²) in [5, 5.41) is 7.54. The lowest BCUT2D eigenvalue weighted by Crippen LogP contribution is -2.21. The number of aryl methyl sites for hydroxylation is 1. The smallest absolute Gasteiger partial charge is 0.226 e. The Morgan fingerprint density at radius 2 is 2.00 bits per heavy atom. The van der Waals surface area contributed by atoms with Crippen molar-refractivity contribution >= 4 is 27.6 Å². The van der Waals surface area contributed by atoms with E-state index in [4.69, 9.17) is 0 Å². The molecule has 0 saturated carbocycles. The Morgan fingerprint density at radius 1 is 1.20 bits per heavy atom. The molecule has 2 aromatic carbocycles. The highest BCUT2D eigenvalue weighted by Gasteiger charge is 2.25. The van der Waals surface area contributed by atoms with Crippen molar-refractivity contribution < 1.29 is 4.39 Å². The van der Waals surface area contributed by atoms with Gasteiger partial charge in [0, 0.05) is 15.7 Å². The van der Waals surface area contributed by atoms with Crippen molar-refractivity contribution in [3.8, 4) is 0 Å². The summed E-state index contributed by atoms with van der Waals surface area (Å²) in [6, 6.07) is 12.9. The normalized spacial score (nSPS) is 16.1. The van der Waals surface area contributed by atoms with Crippen LogP contribution >= 0.6 is 15.9 Å². The van der Waals surface area contributed by atoms with Crippen molar-refractivity contribution in [3.05, 3.63) is 81.8 Å². The third kappa shape index (κ3) is 2.98. The minimum Gasteiger partial charge on any atom is -0.324 e. The molecule has 25 heavy (non-hydrogen) atoms. The van der Waals surface area contributed by atoms with E-state index in [1.54, 1.807) is 16.8 Å². The molecule has 0 saturated heterocycles. The van der Waals surface area contributed by atoms with Gasteiger partial charge in [0.2, 0.25) is 5.95 Å². The molecule has 3 aromatic rings. The molecule has 0 fully saturated rings. The minimum absolute atomic E-state index is 0.270. The van der Waals surface area contributed by atoms with Gasteiger partial charge in [-0.3, -0.25) is 0 Å². The highest BCUT2D eigenvalue weighted by atomic mass is 79.9. The first kappa shape index (κ1) is 16.0. The number of fused-ring (bicyclic) bond motifs is 1. The standard InChI is InChI=1S/C19H16BrFN4/c1-2-12-3-5-13(6-4-12)17-10-18(25-19(24-17)22-11-23-25)15-9-14(20)7-8-16(15)21/h3-11,18H,2H2,1H3,(H,22,23,24). The van der Waals surface area contributed by atoms with E-state index in [9.17, 15) is 4.39 Å². The number of hydrogen-bond donors (Lipinski definition) is 1. The number of hydrogen-bond acceptors (Lipinski definition) is 3. The van der Waals surface area contributed by atoms with Gasteiger partial charge in [0.25, 0.3) is 0 Å². The van der Waals surface area contributed by atoms with Gasteiger partial charge in [-0.1, -0.05) is 47.1 Å². The Kier molecular flexibility index (Phi) is 4.13. The number of allylic oxidation sites excluding steroid dienone is 1. The maximum Gasteiger partial charge on any atom is 0.226 e. The molecule has 126 valence electrons. The molecule has 0 spiro atoms. The maximum absolute atomic E-state index is 14.5. The van der Waals surface area contributed by atoms with Crippen LogP contribution in [0, 0.1) is 5.82 Å². The predicted octanol–water partition coefficient (Wildman–Crippen LogP) is 4.80. The second-order valence-corrected chi connectivity index (χ2v) is 6.81. The molecule has 0 aliphatic carbocycles. The van der Waals surface area contributed by atoms with Crippen LogP contribution in [0.3, 0.4) is 0 Å². The summed E-state index contributed by atoms with van der Waals surface area (Å²) in [7, 11) is 0. The molecule has 1 atom stereocenters. The molecule has 0 amide bonds. The second-order valence-electron chi connectivity index (χ2n) is 5.89. The fourth-order valence-corrected chi connectivity index (χ4v) is 3.36. The molecular formula is C19H16BrFN4. The summed E-state index contributed by atoms with van der Waals surface area (Å²) in [4.78, 5) is 4.26. The van der Waals surface area contributed by atoms with Crippen LogP contribution in [0.2, 0.25) is 0 Å². The largest absolute Gasteiger partial charge is 0.324 e. The fourth-order valence-electron chi connectivity index (χ4n) is 2.98. The number of nitrogens with one attached hydrogen (secondary N) is 1. The molecule has 1 aromatic heterocycles. The molecule has 4 nitrogen and oxygen atoms in total. The average molecular weight is 399 g/mol. The minimum atomic E-state index is -0.364. The molecule has 1 unspecified atom stereocenters. The Morgan fingerprint density at radius 3 is 2.76 bits per heavy atom. The molecular weight excluding hydrogens is 383 g/mol. The van der Waals surface area contributed by atoms with E-state index < -0.39 is 0 Å². The first-order valence-corrected chi connectivity index (χ1v) is 8.87. The summed E-state index contributed by atoms with van der Waals surface area (Å²) in [6.07, 6.45) is 4.45. The lowest BCUT2D eigenvalue weighted by molar-refractivity contribution is 0.551. The van der Waals surface area contributed by atoms with Gasteiger partial charge in [-0.2, -0.15) is 10.1 Å². The van der Waals surface area contributed by atoms with E-state index >= 15 is 0 Å².